The molecule has 7 heteroatoms. The third-order valence-electron chi connectivity index (χ3n) is 5.01. The standard InChI is InChI=1S/C21H20F3N3S/c1-15-12-27(17-6-8-18(9-7-17)28-21(22,23)24)14-26(15)13-16-10-11-25-20-5-3-2-4-19(16)20/h2-11,15H,12-14H2,1H3/t15-/m1/s1. The van der Waals surface area contributed by atoms with E-state index in [0.29, 0.717) is 6.04 Å². The minimum atomic E-state index is -4.26. The van der Waals surface area contributed by atoms with E-state index in [2.05, 4.69) is 33.8 Å². The highest BCUT2D eigenvalue weighted by Crippen LogP contribution is 2.37. The third kappa shape index (κ3) is 4.25. The normalized spacial score (nSPS) is 18.1. The van der Waals surface area contributed by atoms with Crippen LogP contribution in [0.2, 0.25) is 0 Å². The number of hydrogen-bond donors (Lipinski definition) is 0. The van der Waals surface area contributed by atoms with E-state index >= 15 is 0 Å². The first-order chi connectivity index (χ1) is 13.4. The quantitative estimate of drug-likeness (QED) is 0.535. The van der Waals surface area contributed by atoms with E-state index in [4.69, 9.17) is 0 Å². The van der Waals surface area contributed by atoms with Crippen molar-refractivity contribution in [3.63, 3.8) is 0 Å². The average molecular weight is 403 g/mol. The molecule has 146 valence electrons. The van der Waals surface area contributed by atoms with Gasteiger partial charge in [-0.2, -0.15) is 13.2 Å². The molecule has 3 nitrogen and oxygen atoms in total. The van der Waals surface area contributed by atoms with Crippen LogP contribution in [-0.4, -0.2) is 34.6 Å². The highest BCUT2D eigenvalue weighted by Gasteiger charge is 2.30. The summed E-state index contributed by atoms with van der Waals surface area (Å²) in [7, 11) is 0. The van der Waals surface area contributed by atoms with Crippen LogP contribution in [0.4, 0.5) is 18.9 Å². The zero-order valence-corrected chi connectivity index (χ0v) is 16.2. The maximum Gasteiger partial charge on any atom is 0.446 e. The molecular weight excluding hydrogens is 383 g/mol. The van der Waals surface area contributed by atoms with E-state index < -0.39 is 5.51 Å². The molecule has 2 heterocycles. The summed E-state index contributed by atoms with van der Waals surface area (Å²) in [6.07, 6.45) is 1.84. The molecule has 1 fully saturated rings. The number of aromatic nitrogens is 1. The van der Waals surface area contributed by atoms with Crippen molar-refractivity contribution in [1.29, 1.82) is 0 Å². The number of fused-ring (bicyclic) bond motifs is 1. The van der Waals surface area contributed by atoms with Crippen molar-refractivity contribution < 1.29 is 13.2 Å². The van der Waals surface area contributed by atoms with Crippen molar-refractivity contribution in [2.75, 3.05) is 18.1 Å². The van der Waals surface area contributed by atoms with Gasteiger partial charge in [-0.15, -0.1) is 0 Å². The van der Waals surface area contributed by atoms with Gasteiger partial charge in [-0.05, 0) is 60.6 Å². The number of benzene rings is 2. The fourth-order valence-electron chi connectivity index (χ4n) is 3.61. The second-order valence-corrected chi connectivity index (χ2v) is 8.13. The molecule has 4 rings (SSSR count). The van der Waals surface area contributed by atoms with Crippen LogP contribution in [0.1, 0.15) is 12.5 Å². The Morgan fingerprint density at radius 3 is 2.57 bits per heavy atom. The SMILES string of the molecule is C[C@@H]1CN(c2ccc(SC(F)(F)F)cc2)CN1Cc1ccnc2ccccc12. The first-order valence-corrected chi connectivity index (χ1v) is 9.88. The van der Waals surface area contributed by atoms with E-state index in [1.54, 1.807) is 12.1 Å². The molecule has 3 aromatic rings. The molecule has 2 aromatic carbocycles. The van der Waals surface area contributed by atoms with Crippen LogP contribution in [0.5, 0.6) is 0 Å². The molecule has 1 aromatic heterocycles. The average Bonchev–Trinajstić information content (AvgIpc) is 3.02. The molecule has 0 amide bonds. The van der Waals surface area contributed by atoms with Crippen LogP contribution < -0.4 is 4.90 Å². The van der Waals surface area contributed by atoms with Gasteiger partial charge < -0.3 is 4.90 Å². The van der Waals surface area contributed by atoms with E-state index in [-0.39, 0.29) is 16.7 Å². The molecule has 1 atom stereocenters. The highest BCUT2D eigenvalue weighted by atomic mass is 32.2. The number of nitrogens with zero attached hydrogens (tertiary/aromatic N) is 3. The number of thioether (sulfide) groups is 1. The Morgan fingerprint density at radius 2 is 1.82 bits per heavy atom. The first kappa shape index (κ1) is 19.1. The van der Waals surface area contributed by atoms with Crippen molar-refractivity contribution in [1.82, 2.24) is 9.88 Å². The van der Waals surface area contributed by atoms with Gasteiger partial charge in [-0.1, -0.05) is 18.2 Å². The van der Waals surface area contributed by atoms with Gasteiger partial charge in [0, 0.05) is 41.3 Å². The molecule has 0 radical (unpaired) electrons. The molecule has 0 unspecified atom stereocenters. The van der Waals surface area contributed by atoms with Gasteiger partial charge in [0.2, 0.25) is 0 Å². The minimum absolute atomic E-state index is 0.0789. The fourth-order valence-corrected chi connectivity index (χ4v) is 4.15. The molecule has 1 aliphatic rings. The second kappa shape index (κ2) is 7.64. The number of pyridine rings is 1. The molecule has 1 aliphatic heterocycles. The van der Waals surface area contributed by atoms with E-state index in [9.17, 15) is 13.2 Å². The van der Waals surface area contributed by atoms with Crippen LogP contribution in [0.15, 0.2) is 65.7 Å². The van der Waals surface area contributed by atoms with Crippen LogP contribution >= 0.6 is 11.8 Å². The predicted octanol–water partition coefficient (Wildman–Crippen LogP) is 5.51. The predicted molar refractivity (Wildman–Crippen MR) is 107 cm³/mol. The number of alkyl halides is 3. The minimum Gasteiger partial charge on any atom is -0.357 e. The largest absolute Gasteiger partial charge is 0.446 e. The number of anilines is 1. The van der Waals surface area contributed by atoms with Crippen LogP contribution in [0, 0.1) is 0 Å². The van der Waals surface area contributed by atoms with Crippen LogP contribution in [0.25, 0.3) is 10.9 Å². The Labute approximate surface area is 166 Å². The molecule has 0 bridgehead atoms. The Balaban J connectivity index is 1.47. The van der Waals surface area contributed by atoms with Crippen LogP contribution in [0.3, 0.4) is 0 Å². The van der Waals surface area contributed by atoms with Gasteiger partial charge >= 0.3 is 5.51 Å². The van der Waals surface area contributed by atoms with Crippen molar-refractivity contribution in [3.05, 3.63) is 66.4 Å². The molecule has 28 heavy (non-hydrogen) atoms. The summed E-state index contributed by atoms with van der Waals surface area (Å²) in [6, 6.07) is 17.1. The lowest BCUT2D eigenvalue weighted by Gasteiger charge is -2.22. The number of halogens is 3. The van der Waals surface area contributed by atoms with Gasteiger partial charge in [-0.3, -0.25) is 9.88 Å². The summed E-state index contributed by atoms with van der Waals surface area (Å²) in [4.78, 5) is 9.21. The number of hydrogen-bond acceptors (Lipinski definition) is 4. The lowest BCUT2D eigenvalue weighted by atomic mass is 10.1. The first-order valence-electron chi connectivity index (χ1n) is 9.06. The topological polar surface area (TPSA) is 19.4 Å². The number of para-hydroxylation sites is 1. The summed E-state index contributed by atoms with van der Waals surface area (Å²) in [5, 5.41) is 1.16. The van der Waals surface area contributed by atoms with Crippen molar-refractivity contribution >= 4 is 28.4 Å². The Bertz CT molecular complexity index is 954. The zero-order chi connectivity index (χ0) is 19.7. The maximum atomic E-state index is 12.5. The summed E-state index contributed by atoms with van der Waals surface area (Å²) in [5.74, 6) is 0. The molecule has 0 aliphatic carbocycles. The van der Waals surface area contributed by atoms with Crippen molar-refractivity contribution in [2.24, 2.45) is 0 Å². The summed E-state index contributed by atoms with van der Waals surface area (Å²) < 4.78 is 37.5. The summed E-state index contributed by atoms with van der Waals surface area (Å²) in [5.41, 5.74) is -1.09. The molecule has 0 saturated carbocycles. The zero-order valence-electron chi connectivity index (χ0n) is 15.4. The van der Waals surface area contributed by atoms with Gasteiger partial charge in [-0.25, -0.2) is 0 Å². The van der Waals surface area contributed by atoms with E-state index in [1.165, 1.54) is 17.7 Å². The monoisotopic (exact) mass is 403 g/mol. The van der Waals surface area contributed by atoms with Gasteiger partial charge in [0.1, 0.15) is 0 Å². The fraction of sp³-hybridized carbons (Fsp3) is 0.286. The summed E-state index contributed by atoms with van der Waals surface area (Å²) in [6.45, 7) is 4.57. The Morgan fingerprint density at radius 1 is 1.07 bits per heavy atom. The van der Waals surface area contributed by atoms with Gasteiger partial charge in [0.25, 0.3) is 0 Å². The maximum absolute atomic E-state index is 12.5. The molecule has 0 N–H and O–H groups in total. The number of rotatable bonds is 4. The smallest absolute Gasteiger partial charge is 0.357 e. The van der Waals surface area contributed by atoms with Crippen LogP contribution in [-0.2, 0) is 6.54 Å². The molecule has 1 saturated heterocycles. The van der Waals surface area contributed by atoms with Gasteiger partial charge in [0.05, 0.1) is 12.2 Å². The van der Waals surface area contributed by atoms with Crippen molar-refractivity contribution in [3.8, 4) is 0 Å². The summed E-state index contributed by atoms with van der Waals surface area (Å²) >= 11 is -0.0789. The highest BCUT2D eigenvalue weighted by molar-refractivity contribution is 8.00. The third-order valence-corrected chi connectivity index (χ3v) is 5.75. The van der Waals surface area contributed by atoms with E-state index in [1.807, 2.05) is 24.4 Å². The van der Waals surface area contributed by atoms with Crippen molar-refractivity contribution in [2.45, 2.75) is 29.9 Å². The Hall–Kier alpha value is -2.25. The molecular formula is C21H20F3N3S. The second-order valence-electron chi connectivity index (χ2n) is 6.99. The van der Waals surface area contributed by atoms with Gasteiger partial charge in [0.15, 0.2) is 0 Å². The Kier molecular flexibility index (Phi) is 5.21. The molecule has 0 spiro atoms. The van der Waals surface area contributed by atoms with E-state index in [0.717, 1.165) is 36.3 Å². The lowest BCUT2D eigenvalue weighted by molar-refractivity contribution is -0.0328. The lowest BCUT2D eigenvalue weighted by Crippen LogP contribution is -2.28.